The van der Waals surface area contributed by atoms with E-state index in [0.29, 0.717) is 23.3 Å². The first kappa shape index (κ1) is 19.4. The molecule has 0 radical (unpaired) electrons. The molecule has 3 aromatic rings. The van der Waals surface area contributed by atoms with Crippen LogP contribution in [0.5, 0.6) is 5.75 Å². The third kappa shape index (κ3) is 3.41. The van der Waals surface area contributed by atoms with Crippen LogP contribution in [0.1, 0.15) is 44.5 Å². The van der Waals surface area contributed by atoms with Gasteiger partial charge in [0.2, 0.25) is 5.43 Å². The van der Waals surface area contributed by atoms with E-state index in [1.54, 1.807) is 30.3 Å². The van der Waals surface area contributed by atoms with E-state index in [1.165, 1.54) is 7.11 Å². The van der Waals surface area contributed by atoms with Gasteiger partial charge >= 0.3 is 5.97 Å². The smallest absolute Gasteiger partial charge is 0.355 e. The molecule has 0 fully saturated rings. The second-order valence-electron chi connectivity index (χ2n) is 6.49. The Hall–Kier alpha value is -3.41. The van der Waals surface area contributed by atoms with Gasteiger partial charge in [0.1, 0.15) is 17.0 Å². The van der Waals surface area contributed by atoms with Gasteiger partial charge in [-0.1, -0.05) is 6.07 Å². The number of carbonyl (C=O) groups excluding carboxylic acids is 2. The number of esters is 1. The number of ketones is 1. The van der Waals surface area contributed by atoms with Crippen molar-refractivity contribution in [3.8, 4) is 5.75 Å². The van der Waals surface area contributed by atoms with Gasteiger partial charge in [0, 0.05) is 10.9 Å². The fraction of sp³-hybridized carbons (Fsp3) is 0.227. The zero-order valence-corrected chi connectivity index (χ0v) is 16.2. The maximum atomic E-state index is 13.2. The lowest BCUT2D eigenvalue weighted by Crippen LogP contribution is -2.24. The molecular formula is C22H21NO5. The van der Waals surface area contributed by atoms with E-state index in [2.05, 4.69) is 4.98 Å². The maximum Gasteiger partial charge on any atom is 0.355 e. The minimum Gasteiger partial charge on any atom is -0.494 e. The van der Waals surface area contributed by atoms with Crippen molar-refractivity contribution in [3.05, 3.63) is 74.6 Å². The predicted octanol–water partition coefficient (Wildman–Crippen LogP) is 3.56. The molecule has 0 spiro atoms. The van der Waals surface area contributed by atoms with Crippen LogP contribution in [0, 0.1) is 13.8 Å². The van der Waals surface area contributed by atoms with Crippen LogP contribution in [0.25, 0.3) is 10.9 Å². The van der Waals surface area contributed by atoms with Crippen LogP contribution in [-0.4, -0.2) is 30.5 Å². The summed E-state index contributed by atoms with van der Waals surface area (Å²) < 4.78 is 10.2. The van der Waals surface area contributed by atoms with Crippen LogP contribution in [0.4, 0.5) is 0 Å². The van der Waals surface area contributed by atoms with Gasteiger partial charge < -0.3 is 14.5 Å². The molecule has 0 aliphatic carbocycles. The molecule has 144 valence electrons. The molecule has 3 rings (SSSR count). The van der Waals surface area contributed by atoms with Gasteiger partial charge in [0.15, 0.2) is 5.78 Å². The molecule has 1 heterocycles. The molecule has 2 aromatic carbocycles. The number of H-pyrrole nitrogens is 1. The standard InChI is InChI=1S/C22H21NO5/c1-5-28-15-8-6-14(7-9-15)20(24)17-19(22(26)27-4)23-18-13(3)10-12(2)11-16(18)21(17)25/h6-11H,5H2,1-4H3,(H,23,25). The average molecular weight is 379 g/mol. The Morgan fingerprint density at radius 2 is 1.75 bits per heavy atom. The number of aryl methyl sites for hydroxylation is 2. The van der Waals surface area contributed by atoms with Crippen molar-refractivity contribution in [1.82, 2.24) is 4.98 Å². The van der Waals surface area contributed by atoms with Crippen molar-refractivity contribution in [1.29, 1.82) is 0 Å². The number of aromatic amines is 1. The average Bonchev–Trinajstić information content (AvgIpc) is 2.68. The summed E-state index contributed by atoms with van der Waals surface area (Å²) in [7, 11) is 1.21. The topological polar surface area (TPSA) is 85.5 Å². The lowest BCUT2D eigenvalue weighted by molar-refractivity contribution is 0.0591. The molecule has 1 N–H and O–H groups in total. The molecule has 0 amide bonds. The van der Waals surface area contributed by atoms with Crippen molar-refractivity contribution in [3.63, 3.8) is 0 Å². The van der Waals surface area contributed by atoms with Crippen LogP contribution in [0.15, 0.2) is 41.2 Å². The van der Waals surface area contributed by atoms with Gasteiger partial charge in [-0.2, -0.15) is 0 Å². The van der Waals surface area contributed by atoms with Gasteiger partial charge in [-0.05, 0) is 62.2 Å². The number of fused-ring (bicyclic) bond motifs is 1. The quantitative estimate of drug-likeness (QED) is 0.541. The Bertz CT molecular complexity index is 1130. The van der Waals surface area contributed by atoms with Crippen molar-refractivity contribution in [2.45, 2.75) is 20.8 Å². The van der Waals surface area contributed by atoms with Gasteiger partial charge in [-0.3, -0.25) is 9.59 Å². The third-order valence-electron chi connectivity index (χ3n) is 4.50. The van der Waals surface area contributed by atoms with Crippen LogP contribution in [0.3, 0.4) is 0 Å². The zero-order valence-electron chi connectivity index (χ0n) is 16.2. The summed E-state index contributed by atoms with van der Waals surface area (Å²) in [6.45, 7) is 6.07. The summed E-state index contributed by atoms with van der Waals surface area (Å²) in [6.07, 6.45) is 0. The van der Waals surface area contributed by atoms with Crippen LogP contribution >= 0.6 is 0 Å². The first-order chi connectivity index (χ1) is 13.4. The van der Waals surface area contributed by atoms with E-state index in [-0.39, 0.29) is 16.8 Å². The monoisotopic (exact) mass is 379 g/mol. The fourth-order valence-electron chi connectivity index (χ4n) is 3.23. The Morgan fingerprint density at radius 3 is 2.36 bits per heavy atom. The molecule has 0 atom stereocenters. The fourth-order valence-corrected chi connectivity index (χ4v) is 3.23. The molecule has 1 aromatic heterocycles. The Labute approximate surface area is 162 Å². The van der Waals surface area contributed by atoms with Gasteiger partial charge in [0.25, 0.3) is 0 Å². The lowest BCUT2D eigenvalue weighted by Gasteiger charge is -2.12. The number of methoxy groups -OCH3 is 1. The summed E-state index contributed by atoms with van der Waals surface area (Å²) in [5, 5.41) is 0.361. The third-order valence-corrected chi connectivity index (χ3v) is 4.50. The van der Waals surface area contributed by atoms with Crippen molar-refractivity contribution in [2.24, 2.45) is 0 Å². The predicted molar refractivity (Wildman–Crippen MR) is 106 cm³/mol. The van der Waals surface area contributed by atoms with E-state index >= 15 is 0 Å². The number of aromatic nitrogens is 1. The number of hydrogen-bond acceptors (Lipinski definition) is 5. The lowest BCUT2D eigenvalue weighted by atomic mass is 9.97. The number of nitrogens with one attached hydrogen (secondary N) is 1. The molecule has 6 nitrogen and oxygen atoms in total. The second-order valence-corrected chi connectivity index (χ2v) is 6.49. The highest BCUT2D eigenvalue weighted by Gasteiger charge is 2.25. The highest BCUT2D eigenvalue weighted by molar-refractivity contribution is 6.15. The molecular weight excluding hydrogens is 358 g/mol. The Balaban J connectivity index is 2.25. The zero-order chi connectivity index (χ0) is 20.4. The van der Waals surface area contributed by atoms with Crippen molar-refractivity contribution >= 4 is 22.7 Å². The molecule has 0 saturated carbocycles. The van der Waals surface area contributed by atoms with Gasteiger partial charge in [-0.25, -0.2) is 4.79 Å². The Morgan fingerprint density at radius 1 is 1.07 bits per heavy atom. The van der Waals surface area contributed by atoms with Gasteiger partial charge in [0.05, 0.1) is 19.2 Å². The van der Waals surface area contributed by atoms with Crippen molar-refractivity contribution in [2.75, 3.05) is 13.7 Å². The number of carbonyl (C=O) groups is 2. The first-order valence-corrected chi connectivity index (χ1v) is 8.90. The normalized spacial score (nSPS) is 10.7. The highest BCUT2D eigenvalue weighted by atomic mass is 16.5. The number of ether oxygens (including phenoxy) is 2. The van der Waals surface area contributed by atoms with E-state index in [9.17, 15) is 14.4 Å². The minimum atomic E-state index is -0.770. The van der Waals surface area contributed by atoms with Gasteiger partial charge in [-0.15, -0.1) is 0 Å². The highest BCUT2D eigenvalue weighted by Crippen LogP contribution is 2.21. The van der Waals surface area contributed by atoms with Crippen LogP contribution in [0.2, 0.25) is 0 Å². The molecule has 6 heteroatoms. The van der Waals surface area contributed by atoms with E-state index in [4.69, 9.17) is 9.47 Å². The molecule has 0 bridgehead atoms. The van der Waals surface area contributed by atoms with Crippen LogP contribution in [-0.2, 0) is 4.74 Å². The summed E-state index contributed by atoms with van der Waals surface area (Å²) in [5.41, 5.74) is 1.61. The van der Waals surface area contributed by atoms with Crippen LogP contribution < -0.4 is 10.2 Å². The number of benzene rings is 2. The minimum absolute atomic E-state index is 0.147. The molecule has 0 aliphatic heterocycles. The summed E-state index contributed by atoms with van der Waals surface area (Å²) >= 11 is 0. The summed E-state index contributed by atoms with van der Waals surface area (Å²) in [5.74, 6) is -0.704. The Kier molecular flexibility index (Phi) is 5.31. The first-order valence-electron chi connectivity index (χ1n) is 8.90. The maximum absolute atomic E-state index is 13.2. The van der Waals surface area contributed by atoms with E-state index in [1.807, 2.05) is 26.8 Å². The van der Waals surface area contributed by atoms with E-state index < -0.39 is 17.2 Å². The molecule has 0 saturated heterocycles. The second kappa shape index (κ2) is 7.68. The summed E-state index contributed by atoms with van der Waals surface area (Å²) in [4.78, 5) is 41.6. The number of pyridine rings is 1. The summed E-state index contributed by atoms with van der Waals surface area (Å²) in [6, 6.07) is 10.0. The largest absolute Gasteiger partial charge is 0.494 e. The molecule has 0 aliphatic rings. The SMILES string of the molecule is CCOc1ccc(C(=O)c2c(C(=O)OC)[nH]c3c(C)cc(C)cc3c2=O)cc1. The van der Waals surface area contributed by atoms with Crippen molar-refractivity contribution < 1.29 is 19.1 Å². The number of rotatable bonds is 5. The molecule has 28 heavy (non-hydrogen) atoms. The molecule has 0 unspecified atom stereocenters. The number of hydrogen-bond donors (Lipinski definition) is 1. The van der Waals surface area contributed by atoms with E-state index in [0.717, 1.165) is 11.1 Å².